The standard InChI is InChI=1S/C14H14F3N3O/c1-2-20(8-14(15,16)17)13(21)12-7-10(18)9-5-3-4-6-11(9)19-12/h3-7H,2,8H2,1H3,(H2,18,19). The molecule has 0 spiro atoms. The molecule has 1 aromatic heterocycles. The first kappa shape index (κ1) is 15.1. The van der Waals surface area contributed by atoms with Gasteiger partial charge in [-0.15, -0.1) is 0 Å². The number of nitrogen functional groups attached to an aromatic ring is 1. The molecule has 0 aliphatic heterocycles. The van der Waals surface area contributed by atoms with Gasteiger partial charge in [-0.05, 0) is 19.1 Å². The normalized spacial score (nSPS) is 11.6. The maximum atomic E-state index is 12.5. The van der Waals surface area contributed by atoms with Gasteiger partial charge in [0.15, 0.2) is 0 Å². The van der Waals surface area contributed by atoms with Crippen molar-refractivity contribution in [2.24, 2.45) is 0 Å². The van der Waals surface area contributed by atoms with Gasteiger partial charge in [0, 0.05) is 17.6 Å². The quantitative estimate of drug-likeness (QED) is 0.947. The lowest BCUT2D eigenvalue weighted by molar-refractivity contribution is -0.140. The van der Waals surface area contributed by atoms with Crippen LogP contribution in [0.5, 0.6) is 0 Å². The van der Waals surface area contributed by atoms with E-state index in [1.807, 2.05) is 0 Å². The zero-order chi connectivity index (χ0) is 15.6. The molecule has 112 valence electrons. The minimum absolute atomic E-state index is 0.0627. The highest BCUT2D eigenvalue weighted by molar-refractivity contribution is 5.99. The van der Waals surface area contributed by atoms with E-state index in [0.717, 1.165) is 0 Å². The maximum Gasteiger partial charge on any atom is 0.406 e. The van der Waals surface area contributed by atoms with Crippen molar-refractivity contribution in [1.29, 1.82) is 0 Å². The van der Waals surface area contributed by atoms with E-state index in [4.69, 9.17) is 5.73 Å². The van der Waals surface area contributed by atoms with Gasteiger partial charge in [0.05, 0.1) is 5.52 Å². The van der Waals surface area contributed by atoms with Crippen LogP contribution in [0.1, 0.15) is 17.4 Å². The van der Waals surface area contributed by atoms with E-state index in [9.17, 15) is 18.0 Å². The molecule has 0 fully saturated rings. The third-order valence-electron chi connectivity index (χ3n) is 3.01. The van der Waals surface area contributed by atoms with Crippen LogP contribution in [0.4, 0.5) is 18.9 Å². The summed E-state index contributed by atoms with van der Waals surface area (Å²) in [7, 11) is 0. The van der Waals surface area contributed by atoms with Crippen molar-refractivity contribution in [3.63, 3.8) is 0 Å². The van der Waals surface area contributed by atoms with Gasteiger partial charge in [0.2, 0.25) is 0 Å². The smallest absolute Gasteiger partial charge is 0.398 e. The van der Waals surface area contributed by atoms with Crippen molar-refractivity contribution < 1.29 is 18.0 Å². The van der Waals surface area contributed by atoms with E-state index in [1.54, 1.807) is 24.3 Å². The molecular formula is C14H14F3N3O. The summed E-state index contributed by atoms with van der Waals surface area (Å²) >= 11 is 0. The molecule has 0 unspecified atom stereocenters. The minimum atomic E-state index is -4.45. The number of benzene rings is 1. The zero-order valence-electron chi connectivity index (χ0n) is 11.3. The number of nitrogens with two attached hydrogens (primary N) is 1. The summed E-state index contributed by atoms with van der Waals surface area (Å²) in [5.41, 5.74) is 6.53. The zero-order valence-corrected chi connectivity index (χ0v) is 11.3. The van der Waals surface area contributed by atoms with Crippen LogP contribution in [0.3, 0.4) is 0 Å². The van der Waals surface area contributed by atoms with Crippen LogP contribution in [0.2, 0.25) is 0 Å². The summed E-state index contributed by atoms with van der Waals surface area (Å²) in [5.74, 6) is -0.785. The SMILES string of the molecule is CCN(CC(F)(F)F)C(=O)c1cc(N)c2ccccc2n1. The Morgan fingerprint density at radius 3 is 2.62 bits per heavy atom. The Hall–Kier alpha value is -2.31. The summed E-state index contributed by atoms with van der Waals surface area (Å²) in [6, 6.07) is 8.19. The molecule has 7 heteroatoms. The lowest BCUT2D eigenvalue weighted by Gasteiger charge is -2.22. The molecule has 0 aliphatic rings. The van der Waals surface area contributed by atoms with Crippen LogP contribution in [-0.4, -0.2) is 35.1 Å². The highest BCUT2D eigenvalue weighted by Crippen LogP contribution is 2.22. The number of carbonyl (C=O) groups is 1. The number of para-hydroxylation sites is 1. The molecule has 1 aromatic carbocycles. The van der Waals surface area contributed by atoms with E-state index < -0.39 is 18.6 Å². The van der Waals surface area contributed by atoms with Crippen molar-refractivity contribution in [1.82, 2.24) is 9.88 Å². The first-order chi connectivity index (χ1) is 9.81. The van der Waals surface area contributed by atoms with Crippen LogP contribution in [0.25, 0.3) is 10.9 Å². The molecule has 0 saturated heterocycles. The van der Waals surface area contributed by atoms with Gasteiger partial charge >= 0.3 is 6.18 Å². The van der Waals surface area contributed by atoms with Crippen LogP contribution in [-0.2, 0) is 0 Å². The second-order valence-electron chi connectivity index (χ2n) is 4.55. The number of anilines is 1. The summed E-state index contributed by atoms with van der Waals surface area (Å²) in [6.07, 6.45) is -4.45. The summed E-state index contributed by atoms with van der Waals surface area (Å²) in [4.78, 5) is 16.9. The number of pyridine rings is 1. The van der Waals surface area contributed by atoms with E-state index in [0.29, 0.717) is 21.5 Å². The number of hydrogen-bond donors (Lipinski definition) is 1. The lowest BCUT2D eigenvalue weighted by atomic mass is 10.1. The van der Waals surface area contributed by atoms with E-state index >= 15 is 0 Å². The van der Waals surface area contributed by atoms with Crippen molar-refractivity contribution in [3.05, 3.63) is 36.0 Å². The number of halogens is 3. The molecule has 2 N–H and O–H groups in total. The fourth-order valence-electron chi connectivity index (χ4n) is 2.02. The topological polar surface area (TPSA) is 59.2 Å². The van der Waals surface area contributed by atoms with Crippen molar-refractivity contribution in [3.8, 4) is 0 Å². The number of nitrogens with zero attached hydrogens (tertiary/aromatic N) is 2. The number of aromatic nitrogens is 1. The van der Waals surface area contributed by atoms with E-state index in [-0.39, 0.29) is 12.2 Å². The van der Waals surface area contributed by atoms with Crippen LogP contribution in [0, 0.1) is 0 Å². The Balaban J connectivity index is 2.38. The second kappa shape index (κ2) is 5.59. The molecule has 0 bridgehead atoms. The highest BCUT2D eigenvalue weighted by atomic mass is 19.4. The molecule has 2 aromatic rings. The van der Waals surface area contributed by atoms with Crippen LogP contribution in [0.15, 0.2) is 30.3 Å². The van der Waals surface area contributed by atoms with Crippen molar-refractivity contribution in [2.75, 3.05) is 18.8 Å². The first-order valence-corrected chi connectivity index (χ1v) is 6.33. The highest BCUT2D eigenvalue weighted by Gasteiger charge is 2.33. The molecule has 1 heterocycles. The Bertz CT molecular complexity index is 670. The van der Waals surface area contributed by atoms with Gasteiger partial charge in [-0.3, -0.25) is 4.79 Å². The number of carbonyl (C=O) groups excluding carboxylic acids is 1. The molecule has 0 atom stereocenters. The summed E-state index contributed by atoms with van der Waals surface area (Å²) in [6.45, 7) is 0.109. The maximum absolute atomic E-state index is 12.5. The van der Waals surface area contributed by atoms with Crippen molar-refractivity contribution in [2.45, 2.75) is 13.1 Å². The predicted octanol–water partition coefficient (Wildman–Crippen LogP) is 2.84. The van der Waals surface area contributed by atoms with Gasteiger partial charge in [-0.25, -0.2) is 4.98 Å². The van der Waals surface area contributed by atoms with E-state index in [2.05, 4.69) is 4.98 Å². The lowest BCUT2D eigenvalue weighted by Crippen LogP contribution is -2.39. The Morgan fingerprint density at radius 1 is 1.33 bits per heavy atom. The molecule has 2 rings (SSSR count). The summed E-state index contributed by atoms with van der Waals surface area (Å²) in [5, 5.41) is 0.660. The van der Waals surface area contributed by atoms with E-state index in [1.165, 1.54) is 13.0 Å². The van der Waals surface area contributed by atoms with Gasteiger partial charge in [-0.1, -0.05) is 18.2 Å². The fraction of sp³-hybridized carbons (Fsp3) is 0.286. The van der Waals surface area contributed by atoms with Crippen LogP contribution >= 0.6 is 0 Å². The molecule has 0 radical (unpaired) electrons. The summed E-state index contributed by atoms with van der Waals surface area (Å²) < 4.78 is 37.4. The fourth-order valence-corrected chi connectivity index (χ4v) is 2.02. The second-order valence-corrected chi connectivity index (χ2v) is 4.55. The monoisotopic (exact) mass is 297 g/mol. The Kier molecular flexibility index (Phi) is 4.02. The minimum Gasteiger partial charge on any atom is -0.398 e. The van der Waals surface area contributed by atoms with Crippen molar-refractivity contribution >= 4 is 22.5 Å². The largest absolute Gasteiger partial charge is 0.406 e. The van der Waals surface area contributed by atoms with Gasteiger partial charge in [0.25, 0.3) is 5.91 Å². The Labute approximate surface area is 119 Å². The third kappa shape index (κ3) is 3.42. The molecule has 0 saturated carbocycles. The molecule has 0 aliphatic carbocycles. The number of amides is 1. The number of rotatable bonds is 3. The van der Waals surface area contributed by atoms with Gasteiger partial charge in [0.1, 0.15) is 12.2 Å². The molecule has 21 heavy (non-hydrogen) atoms. The first-order valence-electron chi connectivity index (χ1n) is 6.33. The van der Waals surface area contributed by atoms with Gasteiger partial charge in [-0.2, -0.15) is 13.2 Å². The average molecular weight is 297 g/mol. The average Bonchev–Trinajstić information content (AvgIpc) is 2.43. The third-order valence-corrected chi connectivity index (χ3v) is 3.01. The Morgan fingerprint density at radius 2 is 2.00 bits per heavy atom. The predicted molar refractivity (Wildman–Crippen MR) is 73.8 cm³/mol. The number of fused-ring (bicyclic) bond motifs is 1. The van der Waals surface area contributed by atoms with Crippen LogP contribution < -0.4 is 5.73 Å². The number of alkyl halides is 3. The number of hydrogen-bond acceptors (Lipinski definition) is 3. The molecule has 4 nitrogen and oxygen atoms in total. The molecular weight excluding hydrogens is 283 g/mol. The molecule has 1 amide bonds. The van der Waals surface area contributed by atoms with Gasteiger partial charge < -0.3 is 10.6 Å².